The van der Waals surface area contributed by atoms with E-state index in [1.165, 1.54) is 18.4 Å². The Hall–Kier alpha value is -4.23. The van der Waals surface area contributed by atoms with Crippen molar-refractivity contribution in [2.24, 2.45) is 0 Å². The van der Waals surface area contributed by atoms with Gasteiger partial charge in [-0.3, -0.25) is 4.68 Å². The third-order valence-corrected chi connectivity index (χ3v) is 7.13. The van der Waals surface area contributed by atoms with Gasteiger partial charge in [-0.2, -0.15) is 0 Å². The summed E-state index contributed by atoms with van der Waals surface area (Å²) in [5.41, 5.74) is 5.00. The van der Waals surface area contributed by atoms with Crippen LogP contribution in [0, 0.1) is 5.82 Å². The molecule has 0 amide bonds. The van der Waals surface area contributed by atoms with Gasteiger partial charge >= 0.3 is 0 Å². The Balaban J connectivity index is 1.68. The van der Waals surface area contributed by atoms with E-state index in [9.17, 15) is 12.8 Å². The Labute approximate surface area is 215 Å². The molecule has 0 N–H and O–H groups in total. The second kappa shape index (κ2) is 10.4. The van der Waals surface area contributed by atoms with Gasteiger partial charge in [0.1, 0.15) is 12.4 Å². The lowest BCUT2D eigenvalue weighted by molar-refractivity contribution is 0.291. The van der Waals surface area contributed by atoms with Crippen LogP contribution in [0.2, 0.25) is 0 Å². The first-order chi connectivity index (χ1) is 17.9. The summed E-state index contributed by atoms with van der Waals surface area (Å²) < 4.78 is 46.1. The maximum atomic E-state index is 13.8. The fourth-order valence-corrected chi connectivity index (χ4v) is 4.80. The summed E-state index contributed by atoms with van der Waals surface area (Å²) in [6, 6.07) is 32.6. The summed E-state index contributed by atoms with van der Waals surface area (Å²) in [4.78, 5) is 0.231. The normalized spacial score (nSPS) is 11.4. The zero-order valence-electron chi connectivity index (χ0n) is 20.2. The summed E-state index contributed by atoms with van der Waals surface area (Å²) in [5.74, 6) is 0.0693. The third-order valence-electron chi connectivity index (χ3n) is 6.00. The van der Waals surface area contributed by atoms with E-state index in [2.05, 4.69) is 0 Å². The number of sulfone groups is 1. The summed E-state index contributed by atoms with van der Waals surface area (Å²) in [7, 11) is -3.35. The minimum absolute atomic E-state index is 0.231. The number of halogens is 1. The third kappa shape index (κ3) is 5.62. The molecule has 5 rings (SSSR count). The average Bonchev–Trinajstić information content (AvgIpc) is 3.26. The molecule has 5 aromatic rings. The predicted molar refractivity (Wildman–Crippen MR) is 142 cm³/mol. The molecule has 0 saturated carbocycles. The van der Waals surface area contributed by atoms with Crippen molar-refractivity contribution >= 4 is 9.84 Å². The minimum atomic E-state index is -3.35. The number of hydrogen-bond donors (Lipinski definition) is 0. The van der Waals surface area contributed by atoms with E-state index in [1.54, 1.807) is 36.4 Å². The van der Waals surface area contributed by atoms with Crippen LogP contribution >= 0.6 is 0 Å². The van der Waals surface area contributed by atoms with Gasteiger partial charge in [0.15, 0.2) is 9.84 Å². The van der Waals surface area contributed by atoms with Crippen LogP contribution < -0.4 is 4.74 Å². The van der Waals surface area contributed by atoms with E-state index in [-0.39, 0.29) is 10.7 Å². The molecule has 7 heteroatoms. The Morgan fingerprint density at radius 2 is 1.32 bits per heavy atom. The average molecular weight is 513 g/mol. The van der Waals surface area contributed by atoms with E-state index in [4.69, 9.17) is 9.84 Å². The lowest BCUT2D eigenvalue weighted by Gasteiger charge is -2.11. The SMILES string of the molecule is CS(=O)(=O)c1ccc(-c2c(-c3ccc(F)cc3)c(OCc3ccccc3)nn2Cc2ccccc2)cc1. The molecule has 0 radical (unpaired) electrons. The molecule has 0 saturated heterocycles. The van der Waals surface area contributed by atoms with Crippen LogP contribution in [0.5, 0.6) is 5.88 Å². The van der Waals surface area contributed by atoms with Gasteiger partial charge in [0.25, 0.3) is 0 Å². The van der Waals surface area contributed by atoms with E-state index >= 15 is 0 Å². The highest BCUT2D eigenvalue weighted by atomic mass is 32.2. The lowest BCUT2D eigenvalue weighted by atomic mass is 10.0. The number of rotatable bonds is 8. The first-order valence-electron chi connectivity index (χ1n) is 11.8. The van der Waals surface area contributed by atoms with E-state index in [1.807, 2.05) is 65.3 Å². The number of nitrogens with zero attached hydrogens (tertiary/aromatic N) is 2. The first-order valence-corrected chi connectivity index (χ1v) is 13.7. The molecule has 0 spiro atoms. The molecular weight excluding hydrogens is 487 g/mol. The lowest BCUT2D eigenvalue weighted by Crippen LogP contribution is -2.05. The standard InChI is InChI=1S/C30H25FN2O3S/c1-37(34,35)27-18-14-25(15-19-27)29-28(24-12-16-26(31)17-13-24)30(36-21-23-10-6-3-7-11-23)32-33(29)20-22-8-4-2-5-9-22/h2-19H,20-21H2,1H3. The largest absolute Gasteiger partial charge is 0.471 e. The van der Waals surface area contributed by atoms with Gasteiger partial charge in [-0.25, -0.2) is 12.8 Å². The second-order valence-electron chi connectivity index (χ2n) is 8.75. The molecule has 0 aliphatic carbocycles. The van der Waals surface area contributed by atoms with Crippen LogP contribution in [0.25, 0.3) is 22.4 Å². The van der Waals surface area contributed by atoms with Crippen LogP contribution in [-0.2, 0) is 23.0 Å². The Bertz CT molecular complexity index is 1600. The van der Waals surface area contributed by atoms with Gasteiger partial charge in [-0.1, -0.05) is 84.9 Å². The molecule has 186 valence electrons. The second-order valence-corrected chi connectivity index (χ2v) is 10.8. The van der Waals surface area contributed by atoms with Crippen molar-refractivity contribution in [3.63, 3.8) is 0 Å². The Morgan fingerprint density at radius 1 is 0.757 bits per heavy atom. The molecule has 0 aliphatic heterocycles. The summed E-state index contributed by atoms with van der Waals surface area (Å²) in [5, 5.41) is 4.85. The summed E-state index contributed by atoms with van der Waals surface area (Å²) in [6.45, 7) is 0.775. The predicted octanol–water partition coefficient (Wildman–Crippen LogP) is 6.39. The molecule has 1 heterocycles. The summed E-state index contributed by atoms with van der Waals surface area (Å²) >= 11 is 0. The zero-order valence-corrected chi connectivity index (χ0v) is 21.0. The molecule has 0 fully saturated rings. The van der Waals surface area contributed by atoms with Gasteiger partial charge in [0.2, 0.25) is 5.88 Å². The minimum Gasteiger partial charge on any atom is -0.471 e. The smallest absolute Gasteiger partial charge is 0.241 e. The van der Waals surface area contributed by atoms with Crippen LogP contribution in [0.1, 0.15) is 11.1 Å². The highest BCUT2D eigenvalue weighted by molar-refractivity contribution is 7.90. The van der Waals surface area contributed by atoms with Crippen molar-refractivity contribution in [2.45, 2.75) is 18.0 Å². The summed E-state index contributed by atoms with van der Waals surface area (Å²) in [6.07, 6.45) is 1.18. The molecular formula is C30H25FN2O3S. The number of aromatic nitrogens is 2. The van der Waals surface area contributed by atoms with Crippen LogP contribution in [0.4, 0.5) is 4.39 Å². The molecule has 0 bridgehead atoms. The molecule has 0 atom stereocenters. The van der Waals surface area contributed by atoms with E-state index in [0.717, 1.165) is 27.9 Å². The quantitative estimate of drug-likeness (QED) is 0.242. The highest BCUT2D eigenvalue weighted by Crippen LogP contribution is 2.40. The molecule has 5 nitrogen and oxygen atoms in total. The molecule has 4 aromatic carbocycles. The highest BCUT2D eigenvalue weighted by Gasteiger charge is 2.23. The van der Waals surface area contributed by atoms with E-state index in [0.29, 0.717) is 24.6 Å². The van der Waals surface area contributed by atoms with Gasteiger partial charge in [-0.15, -0.1) is 5.10 Å². The van der Waals surface area contributed by atoms with Gasteiger partial charge in [0, 0.05) is 11.8 Å². The van der Waals surface area contributed by atoms with Crippen molar-refractivity contribution in [1.29, 1.82) is 0 Å². The maximum Gasteiger partial charge on any atom is 0.241 e. The Kier molecular flexibility index (Phi) is 6.88. The van der Waals surface area contributed by atoms with Crippen molar-refractivity contribution in [3.8, 4) is 28.3 Å². The first kappa shape index (κ1) is 24.5. The fraction of sp³-hybridized carbons (Fsp3) is 0.100. The molecule has 0 unspecified atom stereocenters. The van der Waals surface area contributed by atoms with Crippen molar-refractivity contribution in [3.05, 3.63) is 126 Å². The monoisotopic (exact) mass is 512 g/mol. The van der Waals surface area contributed by atoms with Crippen LogP contribution in [-0.4, -0.2) is 24.5 Å². The van der Waals surface area contributed by atoms with E-state index < -0.39 is 9.84 Å². The molecule has 37 heavy (non-hydrogen) atoms. The number of hydrogen-bond acceptors (Lipinski definition) is 4. The van der Waals surface area contributed by atoms with Crippen LogP contribution in [0.15, 0.2) is 114 Å². The topological polar surface area (TPSA) is 61.2 Å². The van der Waals surface area contributed by atoms with Crippen molar-refractivity contribution in [2.75, 3.05) is 6.26 Å². The zero-order chi connectivity index (χ0) is 25.8. The van der Waals surface area contributed by atoms with Gasteiger partial charge in [0.05, 0.1) is 22.7 Å². The van der Waals surface area contributed by atoms with Crippen molar-refractivity contribution in [1.82, 2.24) is 9.78 Å². The van der Waals surface area contributed by atoms with Gasteiger partial charge in [-0.05, 0) is 41.0 Å². The maximum absolute atomic E-state index is 13.8. The molecule has 1 aromatic heterocycles. The van der Waals surface area contributed by atoms with Crippen molar-refractivity contribution < 1.29 is 17.5 Å². The van der Waals surface area contributed by atoms with Crippen LogP contribution in [0.3, 0.4) is 0 Å². The number of benzene rings is 4. The fourth-order valence-electron chi connectivity index (χ4n) is 4.17. The number of ether oxygens (including phenoxy) is 1. The van der Waals surface area contributed by atoms with Gasteiger partial charge < -0.3 is 4.74 Å². The Morgan fingerprint density at radius 3 is 1.92 bits per heavy atom. The molecule has 0 aliphatic rings.